The highest BCUT2D eigenvalue weighted by atomic mass is 35.5. The number of nitrogens with one attached hydrogen (secondary N) is 1. The standard InChI is InChI=1S/C15H10ClFN2O2S/c16-11-6-13-12(18-15(19-13)22-7-14(20)21)5-10(11)8-1-3-9(17)4-2-8/h1-6H,7H2,(H,18,19)(H,20,21). The van der Waals surface area contributed by atoms with E-state index >= 15 is 0 Å². The number of H-pyrrole nitrogens is 1. The summed E-state index contributed by atoms with van der Waals surface area (Å²) < 4.78 is 13.0. The van der Waals surface area contributed by atoms with E-state index in [1.807, 2.05) is 0 Å². The molecule has 0 amide bonds. The lowest BCUT2D eigenvalue weighted by Crippen LogP contribution is -1.97. The van der Waals surface area contributed by atoms with Crippen molar-refractivity contribution in [1.29, 1.82) is 0 Å². The lowest BCUT2D eigenvalue weighted by atomic mass is 10.1. The lowest BCUT2D eigenvalue weighted by molar-refractivity contribution is -0.133. The first-order valence-electron chi connectivity index (χ1n) is 6.33. The number of thioether (sulfide) groups is 1. The maximum Gasteiger partial charge on any atom is 0.313 e. The SMILES string of the molecule is O=C(O)CSc1nc2cc(-c3ccc(F)cc3)c(Cl)cc2[nH]1. The van der Waals surface area contributed by atoms with Gasteiger partial charge in [0.05, 0.1) is 21.8 Å². The number of aliphatic carboxylic acids is 1. The van der Waals surface area contributed by atoms with Gasteiger partial charge in [0.2, 0.25) is 0 Å². The van der Waals surface area contributed by atoms with Crippen LogP contribution in [-0.4, -0.2) is 26.8 Å². The van der Waals surface area contributed by atoms with Gasteiger partial charge in [-0.1, -0.05) is 35.5 Å². The third-order valence-corrected chi connectivity index (χ3v) is 4.21. The zero-order valence-corrected chi connectivity index (χ0v) is 12.7. The second kappa shape index (κ2) is 5.98. The fourth-order valence-electron chi connectivity index (χ4n) is 2.06. The maximum atomic E-state index is 13.0. The molecule has 112 valence electrons. The monoisotopic (exact) mass is 336 g/mol. The number of hydrogen-bond acceptors (Lipinski definition) is 3. The second-order valence-corrected chi connectivity index (χ2v) is 5.95. The van der Waals surface area contributed by atoms with Crippen molar-refractivity contribution in [2.75, 3.05) is 5.75 Å². The molecule has 1 heterocycles. The molecule has 0 bridgehead atoms. The number of imidazole rings is 1. The van der Waals surface area contributed by atoms with Gasteiger partial charge in [0.25, 0.3) is 0 Å². The molecule has 1 aromatic heterocycles. The summed E-state index contributed by atoms with van der Waals surface area (Å²) in [5.74, 6) is -1.29. The van der Waals surface area contributed by atoms with E-state index < -0.39 is 5.97 Å². The zero-order chi connectivity index (χ0) is 15.7. The number of benzene rings is 2. The van der Waals surface area contributed by atoms with Crippen molar-refractivity contribution < 1.29 is 14.3 Å². The summed E-state index contributed by atoms with van der Waals surface area (Å²) in [7, 11) is 0. The van der Waals surface area contributed by atoms with Crippen LogP contribution in [0.3, 0.4) is 0 Å². The summed E-state index contributed by atoms with van der Waals surface area (Å²) in [5, 5.41) is 9.72. The number of aromatic nitrogens is 2. The number of hydrogen-bond donors (Lipinski definition) is 2. The summed E-state index contributed by atoms with van der Waals surface area (Å²) in [6.45, 7) is 0. The first kappa shape index (κ1) is 14.9. The van der Waals surface area contributed by atoms with Crippen molar-refractivity contribution in [3.8, 4) is 11.1 Å². The van der Waals surface area contributed by atoms with Crippen LogP contribution in [0.1, 0.15) is 0 Å². The highest BCUT2D eigenvalue weighted by Gasteiger charge is 2.11. The van der Waals surface area contributed by atoms with Crippen LogP contribution in [0, 0.1) is 5.82 Å². The van der Waals surface area contributed by atoms with Crippen LogP contribution >= 0.6 is 23.4 Å². The van der Waals surface area contributed by atoms with Crippen molar-refractivity contribution in [2.45, 2.75) is 5.16 Å². The van der Waals surface area contributed by atoms with Gasteiger partial charge in [-0.15, -0.1) is 0 Å². The maximum absolute atomic E-state index is 13.0. The number of nitrogens with zero attached hydrogens (tertiary/aromatic N) is 1. The van der Waals surface area contributed by atoms with Crippen molar-refractivity contribution >= 4 is 40.4 Å². The molecule has 0 radical (unpaired) electrons. The molecule has 7 heteroatoms. The average molecular weight is 337 g/mol. The zero-order valence-electron chi connectivity index (χ0n) is 11.1. The van der Waals surface area contributed by atoms with Gasteiger partial charge >= 0.3 is 5.97 Å². The van der Waals surface area contributed by atoms with Crippen LogP contribution < -0.4 is 0 Å². The normalized spacial score (nSPS) is 11.0. The van der Waals surface area contributed by atoms with Gasteiger partial charge in [0, 0.05) is 5.56 Å². The predicted molar refractivity (Wildman–Crippen MR) is 84.9 cm³/mol. The van der Waals surface area contributed by atoms with E-state index in [2.05, 4.69) is 9.97 Å². The minimum absolute atomic E-state index is 0.0711. The molecule has 0 fully saturated rings. The molecule has 4 nitrogen and oxygen atoms in total. The summed E-state index contributed by atoms with van der Waals surface area (Å²) >= 11 is 7.38. The third kappa shape index (κ3) is 3.08. The Labute approximate surface area is 134 Å². The fraction of sp³-hybridized carbons (Fsp3) is 0.0667. The van der Waals surface area contributed by atoms with E-state index in [1.165, 1.54) is 12.1 Å². The molecule has 0 spiro atoms. The topological polar surface area (TPSA) is 66.0 Å². The Morgan fingerprint density at radius 2 is 2.05 bits per heavy atom. The molecule has 0 aliphatic rings. The molecule has 0 saturated heterocycles. The van der Waals surface area contributed by atoms with Crippen molar-refractivity contribution in [3.63, 3.8) is 0 Å². The van der Waals surface area contributed by atoms with Crippen molar-refractivity contribution in [3.05, 3.63) is 47.2 Å². The third-order valence-electron chi connectivity index (χ3n) is 3.04. The fourth-order valence-corrected chi connectivity index (χ4v) is 2.93. The Hall–Kier alpha value is -2.05. The number of aromatic amines is 1. The van der Waals surface area contributed by atoms with E-state index in [4.69, 9.17) is 16.7 Å². The molecular formula is C15H10ClFN2O2S. The Kier molecular flexibility index (Phi) is 4.04. The second-order valence-electron chi connectivity index (χ2n) is 4.58. The lowest BCUT2D eigenvalue weighted by Gasteiger charge is -2.04. The first-order chi connectivity index (χ1) is 10.5. The largest absolute Gasteiger partial charge is 0.481 e. The van der Waals surface area contributed by atoms with Crippen LogP contribution in [-0.2, 0) is 4.79 Å². The number of carboxylic acid groups (broad SMARTS) is 1. The first-order valence-corrected chi connectivity index (χ1v) is 7.69. The van der Waals surface area contributed by atoms with E-state index in [1.54, 1.807) is 24.3 Å². The molecule has 0 atom stereocenters. The van der Waals surface area contributed by atoms with E-state index in [0.29, 0.717) is 15.7 Å². The predicted octanol–water partition coefficient (Wildman–Crippen LogP) is 4.20. The summed E-state index contributed by atoms with van der Waals surface area (Å²) in [6, 6.07) is 9.56. The van der Waals surface area contributed by atoms with Crippen molar-refractivity contribution in [1.82, 2.24) is 9.97 Å². The van der Waals surface area contributed by atoms with Crippen LogP contribution in [0.15, 0.2) is 41.6 Å². The Balaban J connectivity index is 2.00. The molecule has 3 rings (SSSR count). The van der Waals surface area contributed by atoms with Crippen LogP contribution in [0.25, 0.3) is 22.2 Å². The van der Waals surface area contributed by atoms with Gasteiger partial charge in [-0.05, 0) is 29.8 Å². The molecule has 2 aromatic carbocycles. The van der Waals surface area contributed by atoms with Crippen molar-refractivity contribution in [2.24, 2.45) is 0 Å². The van der Waals surface area contributed by atoms with Gasteiger partial charge in [-0.3, -0.25) is 4.79 Å². The van der Waals surface area contributed by atoms with Crippen LogP contribution in [0.2, 0.25) is 5.02 Å². The number of fused-ring (bicyclic) bond motifs is 1. The molecule has 0 unspecified atom stereocenters. The Morgan fingerprint density at radius 1 is 1.32 bits per heavy atom. The summed E-state index contributed by atoms with van der Waals surface area (Å²) in [4.78, 5) is 18.0. The van der Waals surface area contributed by atoms with Crippen LogP contribution in [0.4, 0.5) is 4.39 Å². The molecule has 0 aliphatic heterocycles. The van der Waals surface area contributed by atoms with Gasteiger partial charge < -0.3 is 10.1 Å². The molecule has 0 saturated carbocycles. The molecule has 2 N–H and O–H groups in total. The minimum atomic E-state index is -0.907. The van der Waals surface area contributed by atoms with E-state index in [9.17, 15) is 9.18 Å². The highest BCUT2D eigenvalue weighted by Crippen LogP contribution is 2.32. The Bertz CT molecular complexity index is 849. The van der Waals surface area contributed by atoms with Gasteiger partial charge in [0.1, 0.15) is 5.82 Å². The highest BCUT2D eigenvalue weighted by molar-refractivity contribution is 7.99. The molecular weight excluding hydrogens is 327 g/mol. The quantitative estimate of drug-likeness (QED) is 0.701. The number of halogens is 2. The minimum Gasteiger partial charge on any atom is -0.481 e. The number of rotatable bonds is 4. The van der Waals surface area contributed by atoms with Gasteiger partial charge in [0.15, 0.2) is 5.16 Å². The number of carboxylic acids is 1. The van der Waals surface area contributed by atoms with Gasteiger partial charge in [-0.25, -0.2) is 9.37 Å². The van der Waals surface area contributed by atoms with E-state index in [-0.39, 0.29) is 11.6 Å². The number of carbonyl (C=O) groups is 1. The average Bonchev–Trinajstić information content (AvgIpc) is 2.87. The van der Waals surface area contributed by atoms with E-state index in [0.717, 1.165) is 28.4 Å². The molecule has 0 aliphatic carbocycles. The smallest absolute Gasteiger partial charge is 0.313 e. The summed E-state index contributed by atoms with van der Waals surface area (Å²) in [5.41, 5.74) is 2.94. The Morgan fingerprint density at radius 3 is 2.73 bits per heavy atom. The molecule has 22 heavy (non-hydrogen) atoms. The van der Waals surface area contributed by atoms with Gasteiger partial charge in [-0.2, -0.15) is 0 Å². The molecule has 3 aromatic rings. The summed E-state index contributed by atoms with van der Waals surface area (Å²) in [6.07, 6.45) is 0. The van der Waals surface area contributed by atoms with Crippen LogP contribution in [0.5, 0.6) is 0 Å².